The molecule has 1 amide bonds. The standard InChI is InChI=1S/C22H18F2N2O2/c1-15(26-22(27)10-8-16-7-9-20(23)21(24)12-16)17-4-2-5-18(13-17)28-19-6-3-11-25-14-19/h2-15H,1H3,(H,26,27)/b10-8+. The fraction of sp³-hybridized carbons (Fsp3) is 0.0909. The van der Waals surface area contributed by atoms with E-state index < -0.39 is 11.6 Å². The Labute approximate surface area is 161 Å². The number of halogens is 2. The second-order valence-corrected chi connectivity index (χ2v) is 6.10. The van der Waals surface area contributed by atoms with Crippen LogP contribution >= 0.6 is 0 Å². The third-order valence-electron chi connectivity index (χ3n) is 3.96. The van der Waals surface area contributed by atoms with Gasteiger partial charge in [-0.2, -0.15) is 0 Å². The number of carbonyl (C=O) groups is 1. The second-order valence-electron chi connectivity index (χ2n) is 6.10. The van der Waals surface area contributed by atoms with Crippen LogP contribution in [-0.4, -0.2) is 10.9 Å². The summed E-state index contributed by atoms with van der Waals surface area (Å²) >= 11 is 0. The Morgan fingerprint density at radius 1 is 1.07 bits per heavy atom. The van der Waals surface area contributed by atoms with Gasteiger partial charge in [0.15, 0.2) is 11.6 Å². The summed E-state index contributed by atoms with van der Waals surface area (Å²) in [6.07, 6.45) is 5.97. The van der Waals surface area contributed by atoms with E-state index in [1.807, 2.05) is 31.2 Å². The number of aromatic nitrogens is 1. The Kier molecular flexibility index (Phi) is 6.11. The molecule has 1 unspecified atom stereocenters. The molecule has 142 valence electrons. The van der Waals surface area contributed by atoms with Crippen LogP contribution in [0.25, 0.3) is 6.08 Å². The van der Waals surface area contributed by atoms with Gasteiger partial charge in [-0.3, -0.25) is 9.78 Å². The number of hydrogen-bond acceptors (Lipinski definition) is 3. The molecule has 0 bridgehead atoms. The average Bonchev–Trinajstić information content (AvgIpc) is 2.70. The molecular weight excluding hydrogens is 362 g/mol. The molecule has 1 atom stereocenters. The lowest BCUT2D eigenvalue weighted by molar-refractivity contribution is -0.117. The molecule has 0 radical (unpaired) electrons. The highest BCUT2D eigenvalue weighted by molar-refractivity contribution is 5.91. The Bertz CT molecular complexity index is 991. The summed E-state index contributed by atoms with van der Waals surface area (Å²) in [7, 11) is 0. The quantitative estimate of drug-likeness (QED) is 0.610. The largest absolute Gasteiger partial charge is 0.456 e. The van der Waals surface area contributed by atoms with Gasteiger partial charge < -0.3 is 10.1 Å². The van der Waals surface area contributed by atoms with Crippen LogP contribution in [0.2, 0.25) is 0 Å². The van der Waals surface area contributed by atoms with Gasteiger partial charge in [-0.1, -0.05) is 18.2 Å². The molecule has 1 N–H and O–H groups in total. The van der Waals surface area contributed by atoms with Crippen molar-refractivity contribution in [2.24, 2.45) is 0 Å². The SMILES string of the molecule is CC(NC(=O)/C=C/c1ccc(F)c(F)c1)c1cccc(Oc2cccnc2)c1. The third-order valence-corrected chi connectivity index (χ3v) is 3.96. The topological polar surface area (TPSA) is 51.2 Å². The number of nitrogens with one attached hydrogen (secondary N) is 1. The predicted octanol–water partition coefficient (Wildman–Crippen LogP) is 5.04. The number of rotatable bonds is 6. The molecule has 1 heterocycles. The van der Waals surface area contributed by atoms with Crippen molar-refractivity contribution in [3.05, 3.63) is 95.8 Å². The predicted molar refractivity (Wildman–Crippen MR) is 103 cm³/mol. The molecule has 0 aliphatic heterocycles. The molecule has 0 fully saturated rings. The Morgan fingerprint density at radius 3 is 2.64 bits per heavy atom. The molecule has 4 nitrogen and oxygen atoms in total. The highest BCUT2D eigenvalue weighted by Crippen LogP contribution is 2.24. The van der Waals surface area contributed by atoms with E-state index in [0.29, 0.717) is 17.1 Å². The fourth-order valence-electron chi connectivity index (χ4n) is 2.52. The maximum atomic E-state index is 13.2. The first-order valence-electron chi connectivity index (χ1n) is 8.63. The molecule has 0 saturated carbocycles. The van der Waals surface area contributed by atoms with Gasteiger partial charge >= 0.3 is 0 Å². The molecule has 0 saturated heterocycles. The van der Waals surface area contributed by atoms with Crippen molar-refractivity contribution in [1.82, 2.24) is 10.3 Å². The van der Waals surface area contributed by atoms with Crippen molar-refractivity contribution < 1.29 is 18.3 Å². The first-order chi connectivity index (χ1) is 13.5. The van der Waals surface area contributed by atoms with Crippen LogP contribution < -0.4 is 10.1 Å². The van der Waals surface area contributed by atoms with Gasteiger partial charge in [0, 0.05) is 12.3 Å². The van der Waals surface area contributed by atoms with E-state index in [1.54, 1.807) is 24.5 Å². The number of ether oxygens (including phenoxy) is 1. The zero-order chi connectivity index (χ0) is 19.9. The summed E-state index contributed by atoms with van der Waals surface area (Å²) in [5.41, 5.74) is 1.25. The molecule has 2 aromatic carbocycles. The molecular formula is C22H18F2N2O2. The van der Waals surface area contributed by atoms with E-state index >= 15 is 0 Å². The summed E-state index contributed by atoms with van der Waals surface area (Å²) < 4.78 is 31.9. The van der Waals surface area contributed by atoms with Crippen molar-refractivity contribution in [1.29, 1.82) is 0 Å². The highest BCUT2D eigenvalue weighted by atomic mass is 19.2. The normalized spacial score (nSPS) is 12.0. The number of amides is 1. The van der Waals surface area contributed by atoms with Crippen LogP contribution in [-0.2, 0) is 4.79 Å². The first-order valence-corrected chi connectivity index (χ1v) is 8.63. The molecule has 0 aliphatic carbocycles. The molecule has 6 heteroatoms. The monoisotopic (exact) mass is 380 g/mol. The first kappa shape index (κ1) is 19.2. The van der Waals surface area contributed by atoms with Gasteiger partial charge in [-0.25, -0.2) is 8.78 Å². The molecule has 3 aromatic rings. The zero-order valence-corrected chi connectivity index (χ0v) is 15.1. The van der Waals surface area contributed by atoms with Gasteiger partial charge in [0.25, 0.3) is 0 Å². The van der Waals surface area contributed by atoms with Crippen molar-refractivity contribution in [2.45, 2.75) is 13.0 Å². The summed E-state index contributed by atoms with van der Waals surface area (Å²) in [6, 6.07) is 14.1. The van der Waals surface area contributed by atoms with E-state index in [9.17, 15) is 13.6 Å². The van der Waals surface area contributed by atoms with E-state index in [0.717, 1.165) is 17.7 Å². The number of carbonyl (C=O) groups excluding carboxylic acids is 1. The van der Waals surface area contributed by atoms with Crippen LogP contribution in [0.1, 0.15) is 24.1 Å². The summed E-state index contributed by atoms with van der Waals surface area (Å²) in [5, 5.41) is 2.82. The minimum Gasteiger partial charge on any atom is -0.456 e. The lowest BCUT2D eigenvalue weighted by Gasteiger charge is -2.14. The summed E-state index contributed by atoms with van der Waals surface area (Å²) in [4.78, 5) is 16.1. The number of nitrogens with zero attached hydrogens (tertiary/aromatic N) is 1. The third kappa shape index (κ3) is 5.23. The molecule has 0 aliphatic rings. The van der Waals surface area contributed by atoms with Gasteiger partial charge in [0.05, 0.1) is 12.2 Å². The van der Waals surface area contributed by atoms with Crippen molar-refractivity contribution in [3.8, 4) is 11.5 Å². The Hall–Kier alpha value is -3.54. The number of benzene rings is 2. The van der Waals surface area contributed by atoms with E-state index in [-0.39, 0.29) is 11.9 Å². The smallest absolute Gasteiger partial charge is 0.244 e. The van der Waals surface area contributed by atoms with Crippen molar-refractivity contribution in [3.63, 3.8) is 0 Å². The van der Waals surface area contributed by atoms with Crippen LogP contribution in [0.4, 0.5) is 8.78 Å². The lowest BCUT2D eigenvalue weighted by Crippen LogP contribution is -2.24. The van der Waals surface area contributed by atoms with Gasteiger partial charge in [0.2, 0.25) is 5.91 Å². The Morgan fingerprint density at radius 2 is 1.89 bits per heavy atom. The molecule has 0 spiro atoms. The maximum absolute atomic E-state index is 13.2. The molecule has 28 heavy (non-hydrogen) atoms. The van der Waals surface area contributed by atoms with Crippen molar-refractivity contribution in [2.75, 3.05) is 0 Å². The van der Waals surface area contributed by atoms with Crippen LogP contribution in [0.5, 0.6) is 11.5 Å². The maximum Gasteiger partial charge on any atom is 0.244 e. The van der Waals surface area contributed by atoms with E-state index in [2.05, 4.69) is 10.3 Å². The molecule has 1 aromatic heterocycles. The number of pyridine rings is 1. The van der Waals surface area contributed by atoms with Crippen LogP contribution in [0, 0.1) is 11.6 Å². The average molecular weight is 380 g/mol. The summed E-state index contributed by atoms with van der Waals surface area (Å²) in [5.74, 6) is -0.990. The second kappa shape index (κ2) is 8.90. The minimum atomic E-state index is -0.957. The van der Waals surface area contributed by atoms with Crippen LogP contribution in [0.3, 0.4) is 0 Å². The van der Waals surface area contributed by atoms with Gasteiger partial charge in [-0.05, 0) is 60.5 Å². The van der Waals surface area contributed by atoms with E-state index in [4.69, 9.17) is 4.74 Å². The van der Waals surface area contributed by atoms with Gasteiger partial charge in [0.1, 0.15) is 11.5 Å². The van der Waals surface area contributed by atoms with Crippen LogP contribution in [0.15, 0.2) is 73.1 Å². The highest BCUT2D eigenvalue weighted by Gasteiger charge is 2.09. The fourth-order valence-corrected chi connectivity index (χ4v) is 2.52. The zero-order valence-electron chi connectivity index (χ0n) is 15.1. The molecule has 3 rings (SSSR count). The van der Waals surface area contributed by atoms with E-state index in [1.165, 1.54) is 18.2 Å². The van der Waals surface area contributed by atoms with Crippen molar-refractivity contribution >= 4 is 12.0 Å². The van der Waals surface area contributed by atoms with Gasteiger partial charge in [-0.15, -0.1) is 0 Å². The summed E-state index contributed by atoms with van der Waals surface area (Å²) in [6.45, 7) is 1.84. The number of hydrogen-bond donors (Lipinski definition) is 1. The Balaban J connectivity index is 1.62. The lowest BCUT2D eigenvalue weighted by atomic mass is 10.1. The minimum absolute atomic E-state index is 0.278.